The van der Waals surface area contributed by atoms with Crippen molar-refractivity contribution in [3.05, 3.63) is 83.4 Å². The maximum Gasteiger partial charge on any atom is 0.240 e. The van der Waals surface area contributed by atoms with Crippen LogP contribution in [-0.2, 0) is 22.4 Å². The van der Waals surface area contributed by atoms with Gasteiger partial charge in [-0.15, -0.1) is 0 Å². The molecule has 0 fully saturated rings. The number of rotatable bonds is 9. The zero-order valence-corrected chi connectivity index (χ0v) is 20.9. The lowest BCUT2D eigenvalue weighted by atomic mass is 10.0. The first-order valence-corrected chi connectivity index (χ1v) is 12.1. The highest BCUT2D eigenvalue weighted by Crippen LogP contribution is 2.33. The number of carbonyl (C=O) groups is 2. The van der Waals surface area contributed by atoms with Gasteiger partial charge in [-0.2, -0.15) is 0 Å². The summed E-state index contributed by atoms with van der Waals surface area (Å²) in [5.41, 5.74) is 5.17. The molecule has 1 heterocycles. The Morgan fingerprint density at radius 1 is 0.972 bits per heavy atom. The lowest BCUT2D eigenvalue weighted by Gasteiger charge is -2.22. The van der Waals surface area contributed by atoms with E-state index in [2.05, 4.69) is 24.4 Å². The Hall–Kier alpha value is -4.13. The van der Waals surface area contributed by atoms with Crippen LogP contribution in [0.4, 0.5) is 11.4 Å². The smallest absolute Gasteiger partial charge is 0.240 e. The predicted octanol–water partition coefficient (Wildman–Crippen LogP) is 4.48. The normalized spacial score (nSPS) is 12.9. The summed E-state index contributed by atoms with van der Waals surface area (Å²) in [6.07, 6.45) is 1.69. The van der Waals surface area contributed by atoms with E-state index < -0.39 is 0 Å². The number of hydrogen-bond acceptors (Lipinski definition) is 5. The molecule has 36 heavy (non-hydrogen) atoms. The second kappa shape index (κ2) is 11.5. The van der Waals surface area contributed by atoms with Crippen molar-refractivity contribution in [2.24, 2.45) is 4.99 Å². The van der Waals surface area contributed by atoms with E-state index in [1.54, 1.807) is 14.2 Å². The Balaban J connectivity index is 1.43. The molecule has 7 nitrogen and oxygen atoms in total. The van der Waals surface area contributed by atoms with Crippen molar-refractivity contribution in [1.82, 2.24) is 5.32 Å². The lowest BCUT2D eigenvalue weighted by Crippen LogP contribution is -2.41. The minimum absolute atomic E-state index is 0.0701. The number of aliphatic imine (C=N–C) groups is 1. The molecule has 2 amide bonds. The molecular formula is C29H31N3O4. The monoisotopic (exact) mass is 485 g/mol. The van der Waals surface area contributed by atoms with Gasteiger partial charge in [-0.1, -0.05) is 49.4 Å². The summed E-state index contributed by atoms with van der Waals surface area (Å²) in [6.45, 7) is 2.47. The zero-order chi connectivity index (χ0) is 25.5. The highest BCUT2D eigenvalue weighted by Gasteiger charge is 2.26. The van der Waals surface area contributed by atoms with Gasteiger partial charge in [0.2, 0.25) is 11.8 Å². The summed E-state index contributed by atoms with van der Waals surface area (Å²) >= 11 is 0. The number of benzene rings is 3. The third kappa shape index (κ3) is 5.74. The average molecular weight is 486 g/mol. The van der Waals surface area contributed by atoms with E-state index >= 15 is 0 Å². The van der Waals surface area contributed by atoms with Gasteiger partial charge in [0.05, 0.1) is 37.7 Å². The maximum atomic E-state index is 13.3. The minimum atomic E-state index is -0.227. The van der Waals surface area contributed by atoms with Crippen LogP contribution < -0.4 is 19.7 Å². The van der Waals surface area contributed by atoms with Crippen molar-refractivity contribution < 1.29 is 19.1 Å². The predicted molar refractivity (Wildman–Crippen MR) is 142 cm³/mol. The largest absolute Gasteiger partial charge is 0.493 e. The summed E-state index contributed by atoms with van der Waals surface area (Å²) < 4.78 is 10.6. The standard InChI is InChI=1S/C29H31N3O4/c1-4-20-9-12-22(13-10-20)24-18-29(34)32(25-8-6-5-7-23(25)31-24)19-28(33)30-16-15-21-11-14-26(35-2)27(17-21)36-3/h5-14,17H,4,15-16,18-19H2,1-3H3,(H,30,33). The molecule has 0 saturated carbocycles. The molecule has 0 bridgehead atoms. The first-order valence-electron chi connectivity index (χ1n) is 12.1. The zero-order valence-electron chi connectivity index (χ0n) is 20.9. The summed E-state index contributed by atoms with van der Waals surface area (Å²) in [7, 11) is 3.19. The van der Waals surface area contributed by atoms with Gasteiger partial charge in [-0.3, -0.25) is 14.6 Å². The molecule has 4 rings (SSSR count). The molecule has 0 atom stereocenters. The topological polar surface area (TPSA) is 80.2 Å². The van der Waals surface area contributed by atoms with Crippen molar-refractivity contribution in [3.63, 3.8) is 0 Å². The fourth-order valence-corrected chi connectivity index (χ4v) is 4.20. The van der Waals surface area contributed by atoms with Crippen molar-refractivity contribution in [2.45, 2.75) is 26.2 Å². The van der Waals surface area contributed by atoms with E-state index in [0.717, 1.165) is 17.5 Å². The Morgan fingerprint density at radius 3 is 2.42 bits per heavy atom. The lowest BCUT2D eigenvalue weighted by molar-refractivity contribution is -0.123. The van der Waals surface area contributed by atoms with Crippen molar-refractivity contribution in [1.29, 1.82) is 0 Å². The summed E-state index contributed by atoms with van der Waals surface area (Å²) in [5, 5.41) is 2.93. The van der Waals surface area contributed by atoms with Crippen LogP contribution in [0.2, 0.25) is 0 Å². The van der Waals surface area contributed by atoms with Gasteiger partial charge in [-0.25, -0.2) is 0 Å². The second-order valence-corrected chi connectivity index (χ2v) is 8.54. The van der Waals surface area contributed by atoms with Gasteiger partial charge < -0.3 is 19.7 Å². The Bertz CT molecular complexity index is 1270. The number of aryl methyl sites for hydroxylation is 1. The molecule has 3 aromatic rings. The molecule has 0 saturated heterocycles. The number of amides is 2. The van der Waals surface area contributed by atoms with E-state index in [4.69, 9.17) is 14.5 Å². The quantitative estimate of drug-likeness (QED) is 0.485. The molecule has 0 aliphatic carbocycles. The molecule has 1 aliphatic heterocycles. The second-order valence-electron chi connectivity index (χ2n) is 8.54. The highest BCUT2D eigenvalue weighted by molar-refractivity contribution is 6.18. The number of carbonyl (C=O) groups excluding carboxylic acids is 2. The third-order valence-corrected chi connectivity index (χ3v) is 6.23. The number of para-hydroxylation sites is 2. The van der Waals surface area contributed by atoms with Crippen LogP contribution >= 0.6 is 0 Å². The molecular weight excluding hydrogens is 454 g/mol. The van der Waals surface area contributed by atoms with Gasteiger partial charge in [0.15, 0.2) is 11.5 Å². The summed E-state index contributed by atoms with van der Waals surface area (Å²) in [4.78, 5) is 32.4. The van der Waals surface area contributed by atoms with Gasteiger partial charge in [0, 0.05) is 6.54 Å². The van der Waals surface area contributed by atoms with Gasteiger partial charge >= 0.3 is 0 Å². The number of ether oxygens (including phenoxy) is 2. The van der Waals surface area contributed by atoms with Crippen LogP contribution in [0.15, 0.2) is 71.7 Å². The molecule has 7 heteroatoms. The number of fused-ring (bicyclic) bond motifs is 1. The average Bonchev–Trinajstić information content (AvgIpc) is 3.04. The summed E-state index contributed by atoms with van der Waals surface area (Å²) in [6, 6.07) is 21.2. The van der Waals surface area contributed by atoms with Gasteiger partial charge in [0.1, 0.15) is 6.54 Å². The third-order valence-electron chi connectivity index (χ3n) is 6.23. The first kappa shape index (κ1) is 25.0. The maximum absolute atomic E-state index is 13.3. The first-order chi connectivity index (χ1) is 17.5. The van der Waals surface area contributed by atoms with Crippen molar-refractivity contribution in [2.75, 3.05) is 32.2 Å². The van der Waals surface area contributed by atoms with E-state index in [1.807, 2.05) is 54.6 Å². The van der Waals surface area contributed by atoms with E-state index in [1.165, 1.54) is 10.5 Å². The fourth-order valence-electron chi connectivity index (χ4n) is 4.20. The van der Waals surface area contributed by atoms with Crippen LogP contribution in [-0.4, -0.2) is 44.8 Å². The highest BCUT2D eigenvalue weighted by atomic mass is 16.5. The Labute approximate surface area is 211 Å². The molecule has 1 N–H and O–H groups in total. The number of methoxy groups -OCH3 is 2. The van der Waals surface area contributed by atoms with Crippen molar-refractivity contribution >= 4 is 28.9 Å². The fraction of sp³-hybridized carbons (Fsp3) is 0.276. The van der Waals surface area contributed by atoms with Crippen molar-refractivity contribution in [3.8, 4) is 11.5 Å². The van der Waals surface area contributed by atoms with E-state index in [0.29, 0.717) is 41.6 Å². The van der Waals surface area contributed by atoms with Crippen LogP contribution in [0, 0.1) is 0 Å². The Kier molecular flexibility index (Phi) is 8.00. The SMILES string of the molecule is CCc1ccc(C2=Nc3ccccc3N(CC(=O)NCCc3ccc(OC)c(OC)c3)C(=O)C2)cc1. The molecule has 0 spiro atoms. The minimum Gasteiger partial charge on any atom is -0.493 e. The summed E-state index contributed by atoms with van der Waals surface area (Å²) in [5.74, 6) is 0.919. The number of nitrogens with zero attached hydrogens (tertiary/aromatic N) is 2. The van der Waals surface area contributed by atoms with E-state index in [-0.39, 0.29) is 24.8 Å². The molecule has 1 aliphatic rings. The van der Waals surface area contributed by atoms with Crippen LogP contribution in [0.25, 0.3) is 0 Å². The molecule has 0 unspecified atom stereocenters. The van der Waals surface area contributed by atoms with Gasteiger partial charge in [0.25, 0.3) is 0 Å². The molecule has 0 aromatic heterocycles. The molecule has 0 radical (unpaired) electrons. The van der Waals surface area contributed by atoms with Crippen LogP contribution in [0.5, 0.6) is 11.5 Å². The Morgan fingerprint density at radius 2 is 1.69 bits per heavy atom. The number of anilines is 1. The molecule has 3 aromatic carbocycles. The van der Waals surface area contributed by atoms with Crippen LogP contribution in [0.1, 0.15) is 30.0 Å². The number of nitrogens with one attached hydrogen (secondary N) is 1. The van der Waals surface area contributed by atoms with E-state index in [9.17, 15) is 9.59 Å². The molecule has 186 valence electrons. The number of hydrogen-bond donors (Lipinski definition) is 1. The van der Waals surface area contributed by atoms with Crippen LogP contribution in [0.3, 0.4) is 0 Å². The van der Waals surface area contributed by atoms with Gasteiger partial charge in [-0.05, 0) is 53.8 Å².